The molecule has 5 nitrogen and oxygen atoms in total. The van der Waals surface area contributed by atoms with Crippen LogP contribution in [0.1, 0.15) is 12.6 Å². The molecular formula is C19H22N4O. The first kappa shape index (κ1) is 15.3. The third kappa shape index (κ3) is 3.18. The lowest BCUT2D eigenvalue weighted by molar-refractivity contribution is 0.0202. The average molecular weight is 322 g/mol. The minimum Gasteiger partial charge on any atom is -0.379 e. The van der Waals surface area contributed by atoms with Gasteiger partial charge in [-0.1, -0.05) is 6.07 Å². The molecule has 0 spiro atoms. The van der Waals surface area contributed by atoms with E-state index >= 15 is 0 Å². The lowest BCUT2D eigenvalue weighted by Crippen LogP contribution is -2.43. The smallest absolute Gasteiger partial charge is 0.137 e. The predicted octanol–water partition coefficient (Wildman–Crippen LogP) is 2.66. The Labute approximate surface area is 141 Å². The van der Waals surface area contributed by atoms with E-state index in [-0.39, 0.29) is 0 Å². The Morgan fingerprint density at radius 3 is 2.75 bits per heavy atom. The minimum atomic E-state index is 0.494. The Morgan fingerprint density at radius 2 is 1.96 bits per heavy atom. The summed E-state index contributed by atoms with van der Waals surface area (Å²) in [5.74, 6) is 0. The molecule has 0 bridgehead atoms. The van der Waals surface area contributed by atoms with E-state index < -0.39 is 0 Å². The van der Waals surface area contributed by atoms with Crippen LogP contribution < -0.4 is 0 Å². The second-order valence-electron chi connectivity index (χ2n) is 6.35. The van der Waals surface area contributed by atoms with Gasteiger partial charge in [-0.05, 0) is 30.7 Å². The number of morpholine rings is 1. The van der Waals surface area contributed by atoms with Crippen molar-refractivity contribution in [2.45, 2.75) is 19.4 Å². The number of hydrogen-bond acceptors (Lipinski definition) is 4. The van der Waals surface area contributed by atoms with E-state index in [9.17, 15) is 0 Å². The molecule has 1 aliphatic heterocycles. The highest BCUT2D eigenvalue weighted by Crippen LogP contribution is 2.20. The van der Waals surface area contributed by atoms with Crippen LogP contribution >= 0.6 is 0 Å². The van der Waals surface area contributed by atoms with E-state index in [1.165, 1.54) is 0 Å². The summed E-state index contributed by atoms with van der Waals surface area (Å²) in [6, 6.07) is 8.98. The monoisotopic (exact) mass is 322 g/mol. The van der Waals surface area contributed by atoms with Crippen molar-refractivity contribution >= 4 is 5.65 Å². The second-order valence-corrected chi connectivity index (χ2v) is 6.35. The molecule has 1 atom stereocenters. The minimum absolute atomic E-state index is 0.494. The van der Waals surface area contributed by atoms with Crippen molar-refractivity contribution in [2.24, 2.45) is 0 Å². The Morgan fingerprint density at radius 1 is 1.08 bits per heavy atom. The molecule has 4 heterocycles. The molecule has 0 N–H and O–H groups in total. The van der Waals surface area contributed by atoms with Crippen LogP contribution in [0.5, 0.6) is 0 Å². The summed E-state index contributed by atoms with van der Waals surface area (Å²) in [5.41, 5.74) is 4.37. The maximum Gasteiger partial charge on any atom is 0.137 e. The molecule has 1 saturated heterocycles. The zero-order valence-electron chi connectivity index (χ0n) is 13.9. The molecule has 24 heavy (non-hydrogen) atoms. The highest BCUT2D eigenvalue weighted by atomic mass is 16.5. The van der Waals surface area contributed by atoms with Gasteiger partial charge in [-0.25, -0.2) is 4.98 Å². The molecule has 1 aliphatic rings. The number of imidazole rings is 1. The predicted molar refractivity (Wildman–Crippen MR) is 94.0 cm³/mol. The molecule has 124 valence electrons. The number of pyridine rings is 2. The van der Waals surface area contributed by atoms with E-state index in [0.29, 0.717) is 6.04 Å². The average Bonchev–Trinajstić information content (AvgIpc) is 3.11. The largest absolute Gasteiger partial charge is 0.379 e. The van der Waals surface area contributed by atoms with Crippen molar-refractivity contribution in [3.8, 4) is 11.1 Å². The van der Waals surface area contributed by atoms with Gasteiger partial charge in [0.05, 0.1) is 13.2 Å². The first-order chi connectivity index (χ1) is 11.8. The quantitative estimate of drug-likeness (QED) is 0.741. The Balaban J connectivity index is 1.47. The zero-order chi connectivity index (χ0) is 16.4. The molecule has 3 aromatic rings. The van der Waals surface area contributed by atoms with E-state index in [0.717, 1.165) is 55.2 Å². The van der Waals surface area contributed by atoms with Crippen LogP contribution in [0.4, 0.5) is 0 Å². The Bertz CT molecular complexity index is 806. The summed E-state index contributed by atoms with van der Waals surface area (Å²) in [6.45, 7) is 5.99. The van der Waals surface area contributed by atoms with Gasteiger partial charge in [0.2, 0.25) is 0 Å². The summed E-state index contributed by atoms with van der Waals surface area (Å²) in [5, 5.41) is 0. The van der Waals surface area contributed by atoms with Crippen molar-refractivity contribution < 1.29 is 4.74 Å². The van der Waals surface area contributed by atoms with Crippen LogP contribution in [-0.2, 0) is 11.2 Å². The molecule has 0 saturated carbocycles. The lowest BCUT2D eigenvalue weighted by Gasteiger charge is -2.32. The van der Waals surface area contributed by atoms with Crippen LogP contribution in [0.15, 0.2) is 49.1 Å². The van der Waals surface area contributed by atoms with E-state index in [2.05, 4.69) is 46.1 Å². The van der Waals surface area contributed by atoms with Crippen LogP contribution in [0.2, 0.25) is 0 Å². The van der Waals surface area contributed by atoms with Crippen LogP contribution in [0, 0.1) is 0 Å². The van der Waals surface area contributed by atoms with Gasteiger partial charge in [0.1, 0.15) is 5.65 Å². The van der Waals surface area contributed by atoms with Gasteiger partial charge < -0.3 is 9.14 Å². The summed E-state index contributed by atoms with van der Waals surface area (Å²) in [7, 11) is 0. The third-order valence-electron chi connectivity index (χ3n) is 4.73. The van der Waals surface area contributed by atoms with Crippen molar-refractivity contribution in [3.63, 3.8) is 0 Å². The van der Waals surface area contributed by atoms with Gasteiger partial charge in [0, 0.05) is 61.6 Å². The normalized spacial score (nSPS) is 17.2. The van der Waals surface area contributed by atoms with Crippen LogP contribution in [0.3, 0.4) is 0 Å². The number of aromatic nitrogens is 3. The first-order valence-electron chi connectivity index (χ1n) is 8.49. The lowest BCUT2D eigenvalue weighted by atomic mass is 10.1. The molecule has 3 aromatic heterocycles. The van der Waals surface area contributed by atoms with E-state index in [1.54, 1.807) is 0 Å². The fourth-order valence-corrected chi connectivity index (χ4v) is 3.26. The van der Waals surface area contributed by atoms with Gasteiger partial charge in [-0.3, -0.25) is 9.88 Å². The summed E-state index contributed by atoms with van der Waals surface area (Å²) in [6.07, 6.45) is 8.74. The number of nitrogens with zero attached hydrogens (tertiary/aromatic N) is 4. The molecule has 5 heteroatoms. The molecule has 0 aliphatic carbocycles. The summed E-state index contributed by atoms with van der Waals surface area (Å²) in [4.78, 5) is 11.5. The Hall–Kier alpha value is -2.24. The highest BCUT2D eigenvalue weighted by molar-refractivity contribution is 5.66. The van der Waals surface area contributed by atoms with Crippen LogP contribution in [0.25, 0.3) is 16.8 Å². The highest BCUT2D eigenvalue weighted by Gasteiger charge is 2.17. The van der Waals surface area contributed by atoms with E-state index in [4.69, 9.17) is 4.74 Å². The molecule has 0 amide bonds. The summed E-state index contributed by atoms with van der Waals surface area (Å²) >= 11 is 0. The molecule has 1 fully saturated rings. The molecule has 0 aromatic carbocycles. The SMILES string of the molecule is CC(Cc1ccc(-c2ccn3ccnc3c2)cn1)N1CCOCC1. The van der Waals surface area contributed by atoms with Gasteiger partial charge in [-0.2, -0.15) is 0 Å². The number of rotatable bonds is 4. The number of hydrogen-bond donors (Lipinski definition) is 0. The van der Waals surface area contributed by atoms with Gasteiger partial charge in [-0.15, -0.1) is 0 Å². The van der Waals surface area contributed by atoms with Gasteiger partial charge >= 0.3 is 0 Å². The summed E-state index contributed by atoms with van der Waals surface area (Å²) < 4.78 is 7.43. The van der Waals surface area contributed by atoms with Gasteiger partial charge in [0.15, 0.2) is 0 Å². The molecule has 4 rings (SSSR count). The third-order valence-corrected chi connectivity index (χ3v) is 4.73. The Kier molecular flexibility index (Phi) is 4.28. The van der Waals surface area contributed by atoms with Gasteiger partial charge in [0.25, 0.3) is 0 Å². The number of fused-ring (bicyclic) bond motifs is 1. The van der Waals surface area contributed by atoms with E-state index in [1.807, 2.05) is 29.2 Å². The van der Waals surface area contributed by atoms with Crippen molar-refractivity contribution in [1.29, 1.82) is 0 Å². The maximum atomic E-state index is 5.43. The standard InChI is InChI=1S/C19H22N4O/c1-15(22-8-10-24-11-9-22)12-18-3-2-17(14-21-18)16-4-6-23-7-5-20-19(23)13-16/h2-7,13-15H,8-12H2,1H3. The molecular weight excluding hydrogens is 300 g/mol. The first-order valence-corrected chi connectivity index (χ1v) is 8.49. The molecule has 1 unspecified atom stereocenters. The molecule has 0 radical (unpaired) electrons. The number of ether oxygens (including phenoxy) is 1. The van der Waals surface area contributed by atoms with Crippen molar-refractivity contribution in [2.75, 3.05) is 26.3 Å². The fourth-order valence-electron chi connectivity index (χ4n) is 3.26. The van der Waals surface area contributed by atoms with Crippen LogP contribution in [-0.4, -0.2) is 51.6 Å². The van der Waals surface area contributed by atoms with Crippen molar-refractivity contribution in [1.82, 2.24) is 19.3 Å². The maximum absolute atomic E-state index is 5.43. The second kappa shape index (κ2) is 6.71. The van der Waals surface area contributed by atoms with Crippen molar-refractivity contribution in [3.05, 3.63) is 54.7 Å². The topological polar surface area (TPSA) is 42.7 Å². The fraction of sp³-hybridized carbons (Fsp3) is 0.368. The zero-order valence-corrected chi connectivity index (χ0v) is 13.9.